The summed E-state index contributed by atoms with van der Waals surface area (Å²) in [6.07, 6.45) is -3.46. The molecule has 1 atom stereocenters. The molecule has 1 aromatic carbocycles. The van der Waals surface area contributed by atoms with Gasteiger partial charge in [-0.15, -0.1) is 12.4 Å². The zero-order valence-corrected chi connectivity index (χ0v) is 10.3. The molecule has 0 aromatic heterocycles. The first kappa shape index (κ1) is 15.7. The summed E-state index contributed by atoms with van der Waals surface area (Å²) < 4.78 is 50.6. The van der Waals surface area contributed by atoms with Gasteiger partial charge in [-0.05, 0) is 12.1 Å². The predicted molar refractivity (Wildman–Crippen MR) is 58.9 cm³/mol. The number of alkyl halides is 2. The molecule has 0 bridgehead atoms. The minimum absolute atomic E-state index is 0. The van der Waals surface area contributed by atoms with E-state index in [1.54, 1.807) is 0 Å². The summed E-state index contributed by atoms with van der Waals surface area (Å²) in [6, 6.07) is 0.645. The Balaban J connectivity index is 0.00000225. The van der Waals surface area contributed by atoms with E-state index in [9.17, 15) is 17.6 Å². The van der Waals surface area contributed by atoms with Crippen molar-refractivity contribution < 1.29 is 17.6 Å². The molecule has 0 radical (unpaired) electrons. The third kappa shape index (κ3) is 3.92. The average Bonchev–Trinajstić information content (AvgIpc) is 1.99. The van der Waals surface area contributed by atoms with E-state index in [1.165, 1.54) is 0 Å². The number of benzene rings is 1. The van der Waals surface area contributed by atoms with Crippen molar-refractivity contribution in [2.24, 2.45) is 5.73 Å². The summed E-state index contributed by atoms with van der Waals surface area (Å²) >= 11 is 2.88. The summed E-state index contributed by atoms with van der Waals surface area (Å²) in [5.41, 5.74) is 4.77. The Labute approximate surface area is 105 Å². The molecule has 0 amide bonds. The van der Waals surface area contributed by atoms with Crippen molar-refractivity contribution in [2.75, 3.05) is 0 Å². The van der Waals surface area contributed by atoms with Crippen molar-refractivity contribution in [3.63, 3.8) is 0 Å². The molecule has 0 heterocycles. The summed E-state index contributed by atoms with van der Waals surface area (Å²) in [4.78, 5) is 0. The summed E-state index contributed by atoms with van der Waals surface area (Å²) in [7, 11) is 0. The van der Waals surface area contributed by atoms with Gasteiger partial charge in [-0.2, -0.15) is 0 Å². The maximum atomic E-state index is 13.2. The van der Waals surface area contributed by atoms with Gasteiger partial charge in [-0.3, -0.25) is 0 Å². The lowest BCUT2D eigenvalue weighted by Gasteiger charge is -2.13. The van der Waals surface area contributed by atoms with E-state index in [-0.39, 0.29) is 16.9 Å². The Hall–Kier alpha value is -0.330. The molecule has 0 saturated heterocycles. The van der Waals surface area contributed by atoms with Crippen molar-refractivity contribution in [3.8, 4) is 0 Å². The lowest BCUT2D eigenvalue weighted by Crippen LogP contribution is -2.17. The van der Waals surface area contributed by atoms with Crippen LogP contribution in [0.1, 0.15) is 18.0 Å². The highest BCUT2D eigenvalue weighted by Gasteiger charge is 2.20. The van der Waals surface area contributed by atoms with Crippen molar-refractivity contribution in [1.82, 2.24) is 0 Å². The summed E-state index contributed by atoms with van der Waals surface area (Å²) in [5.74, 6) is -1.84. The Morgan fingerprint density at radius 1 is 1.19 bits per heavy atom. The predicted octanol–water partition coefficient (Wildman–Crippen LogP) is 3.80. The van der Waals surface area contributed by atoms with Crippen LogP contribution in [-0.4, -0.2) is 6.43 Å². The van der Waals surface area contributed by atoms with E-state index in [2.05, 4.69) is 15.9 Å². The van der Waals surface area contributed by atoms with Gasteiger partial charge in [-0.25, -0.2) is 17.6 Å². The molecular weight excluding hydrogens is 313 g/mol. The van der Waals surface area contributed by atoms with E-state index in [4.69, 9.17) is 5.73 Å². The Morgan fingerprint density at radius 2 is 1.62 bits per heavy atom. The van der Waals surface area contributed by atoms with E-state index in [0.717, 1.165) is 12.1 Å². The normalized spacial score (nSPS) is 12.4. The molecule has 1 nitrogen and oxygen atoms in total. The summed E-state index contributed by atoms with van der Waals surface area (Å²) in [6.45, 7) is 0. The van der Waals surface area contributed by atoms with Crippen LogP contribution in [0.2, 0.25) is 0 Å². The minimum atomic E-state index is -2.69. The highest BCUT2D eigenvalue weighted by atomic mass is 79.9. The molecule has 2 N–H and O–H groups in total. The molecule has 0 fully saturated rings. The monoisotopic (exact) mass is 321 g/mol. The lowest BCUT2D eigenvalue weighted by atomic mass is 10.0. The maximum absolute atomic E-state index is 13.2. The maximum Gasteiger partial charge on any atom is 0.240 e. The zero-order chi connectivity index (χ0) is 11.6. The van der Waals surface area contributed by atoms with Crippen LogP contribution in [0.5, 0.6) is 0 Å². The second-order valence-electron chi connectivity index (χ2n) is 3.02. The molecule has 1 rings (SSSR count). The van der Waals surface area contributed by atoms with Gasteiger partial charge in [0.25, 0.3) is 0 Å². The number of rotatable bonds is 3. The molecule has 16 heavy (non-hydrogen) atoms. The SMILES string of the molecule is Cl.N[C@@H](CC(F)F)c1c(F)cc(Br)cc1F. The van der Waals surface area contributed by atoms with Crippen LogP contribution in [0.15, 0.2) is 16.6 Å². The van der Waals surface area contributed by atoms with Gasteiger partial charge in [0.05, 0.1) is 0 Å². The van der Waals surface area contributed by atoms with E-state index < -0.39 is 36.1 Å². The Bertz CT molecular complexity index is 338. The van der Waals surface area contributed by atoms with Gasteiger partial charge >= 0.3 is 0 Å². The third-order valence-corrected chi connectivity index (χ3v) is 2.30. The molecule has 0 aliphatic carbocycles. The molecule has 0 spiro atoms. The second-order valence-corrected chi connectivity index (χ2v) is 3.93. The zero-order valence-electron chi connectivity index (χ0n) is 7.89. The smallest absolute Gasteiger partial charge is 0.240 e. The Morgan fingerprint density at radius 3 is 2.00 bits per heavy atom. The van der Waals surface area contributed by atoms with Crippen LogP contribution in [0, 0.1) is 11.6 Å². The molecule has 7 heteroatoms. The van der Waals surface area contributed by atoms with Crippen LogP contribution >= 0.6 is 28.3 Å². The quantitative estimate of drug-likeness (QED) is 0.842. The first-order valence-electron chi connectivity index (χ1n) is 4.10. The van der Waals surface area contributed by atoms with E-state index in [0.29, 0.717) is 0 Å². The number of halogens is 6. The van der Waals surface area contributed by atoms with Crippen LogP contribution < -0.4 is 5.73 Å². The fourth-order valence-corrected chi connectivity index (χ4v) is 1.62. The van der Waals surface area contributed by atoms with Crippen LogP contribution in [0.25, 0.3) is 0 Å². The molecule has 0 saturated carbocycles. The van der Waals surface area contributed by atoms with E-state index in [1.807, 2.05) is 0 Å². The van der Waals surface area contributed by atoms with Crippen molar-refractivity contribution in [3.05, 3.63) is 33.8 Å². The van der Waals surface area contributed by atoms with Gasteiger partial charge in [0.1, 0.15) is 11.6 Å². The highest BCUT2D eigenvalue weighted by molar-refractivity contribution is 9.10. The van der Waals surface area contributed by atoms with Gasteiger partial charge in [0.15, 0.2) is 0 Å². The first-order valence-corrected chi connectivity index (χ1v) is 4.89. The fourth-order valence-electron chi connectivity index (χ4n) is 1.22. The standard InChI is InChI=1S/C9H8BrF4N.ClH/c10-4-1-5(11)9(6(12)2-4)7(15)3-8(13)14;/h1-2,7-8H,3,15H2;1H/t7-;/m0./s1. The molecule has 92 valence electrons. The van der Waals surface area contributed by atoms with Crippen LogP contribution in [0.4, 0.5) is 17.6 Å². The number of hydrogen-bond acceptors (Lipinski definition) is 1. The third-order valence-electron chi connectivity index (χ3n) is 1.85. The Kier molecular flexibility index (Phi) is 6.28. The lowest BCUT2D eigenvalue weighted by molar-refractivity contribution is 0.127. The first-order chi connectivity index (χ1) is 6.91. The van der Waals surface area contributed by atoms with Gasteiger partial charge in [0, 0.05) is 22.5 Å². The van der Waals surface area contributed by atoms with Crippen LogP contribution in [-0.2, 0) is 0 Å². The number of nitrogens with two attached hydrogens (primary N) is 1. The molecule has 0 aliphatic heterocycles. The largest absolute Gasteiger partial charge is 0.324 e. The molecule has 0 unspecified atom stereocenters. The number of hydrogen-bond donors (Lipinski definition) is 1. The molecule has 1 aromatic rings. The topological polar surface area (TPSA) is 26.0 Å². The highest BCUT2D eigenvalue weighted by Crippen LogP contribution is 2.26. The van der Waals surface area contributed by atoms with Crippen molar-refractivity contribution >= 4 is 28.3 Å². The van der Waals surface area contributed by atoms with Gasteiger partial charge in [-0.1, -0.05) is 15.9 Å². The average molecular weight is 323 g/mol. The second kappa shape index (κ2) is 6.42. The molecular formula is C9H9BrClF4N. The van der Waals surface area contributed by atoms with Crippen molar-refractivity contribution in [2.45, 2.75) is 18.9 Å². The van der Waals surface area contributed by atoms with Crippen LogP contribution in [0.3, 0.4) is 0 Å². The van der Waals surface area contributed by atoms with Crippen molar-refractivity contribution in [1.29, 1.82) is 0 Å². The van der Waals surface area contributed by atoms with Gasteiger partial charge < -0.3 is 5.73 Å². The molecule has 0 aliphatic rings. The summed E-state index contributed by atoms with van der Waals surface area (Å²) in [5, 5.41) is 0. The van der Waals surface area contributed by atoms with Gasteiger partial charge in [0.2, 0.25) is 6.43 Å². The minimum Gasteiger partial charge on any atom is -0.324 e. The van der Waals surface area contributed by atoms with E-state index >= 15 is 0 Å². The fraction of sp³-hybridized carbons (Fsp3) is 0.333.